The van der Waals surface area contributed by atoms with Gasteiger partial charge in [0.25, 0.3) is 0 Å². The van der Waals surface area contributed by atoms with E-state index in [-0.39, 0.29) is 5.56 Å². The van der Waals surface area contributed by atoms with Gasteiger partial charge in [0.1, 0.15) is 17.2 Å². The maximum atomic E-state index is 11.5. The van der Waals surface area contributed by atoms with Crippen LogP contribution in [0.3, 0.4) is 0 Å². The summed E-state index contributed by atoms with van der Waals surface area (Å²) in [6.45, 7) is 5.98. The molecule has 2 aromatic rings. The van der Waals surface area contributed by atoms with Gasteiger partial charge < -0.3 is 4.42 Å². The van der Waals surface area contributed by atoms with E-state index in [1.165, 1.54) is 5.56 Å². The predicted molar refractivity (Wildman–Crippen MR) is 66.0 cm³/mol. The van der Waals surface area contributed by atoms with E-state index in [1.807, 2.05) is 18.2 Å². The molecule has 0 radical (unpaired) electrons. The summed E-state index contributed by atoms with van der Waals surface area (Å²) in [4.78, 5) is 11.5. The van der Waals surface area contributed by atoms with Gasteiger partial charge in [-0.15, -0.1) is 0 Å². The Hall–Kier alpha value is -2.08. The van der Waals surface area contributed by atoms with E-state index in [9.17, 15) is 4.79 Å². The highest BCUT2D eigenvalue weighted by atomic mass is 16.4. The summed E-state index contributed by atoms with van der Waals surface area (Å²) in [6.07, 6.45) is 0. The van der Waals surface area contributed by atoms with Gasteiger partial charge in [-0.25, -0.2) is 4.79 Å². The summed E-state index contributed by atoms with van der Waals surface area (Å²) >= 11 is 0. The van der Waals surface area contributed by atoms with Crippen molar-refractivity contribution in [3.63, 3.8) is 0 Å². The molecule has 0 unspecified atom stereocenters. The lowest BCUT2D eigenvalue weighted by atomic mass is 9.98. The zero-order valence-electron chi connectivity index (χ0n) is 10.1. The van der Waals surface area contributed by atoms with Gasteiger partial charge in [0.15, 0.2) is 0 Å². The van der Waals surface area contributed by atoms with E-state index in [0.717, 1.165) is 5.39 Å². The lowest BCUT2D eigenvalue weighted by molar-refractivity contribution is 0.557. The van der Waals surface area contributed by atoms with Crippen LogP contribution in [0.1, 0.15) is 36.5 Å². The summed E-state index contributed by atoms with van der Waals surface area (Å²) in [5, 5.41) is 9.77. The topological polar surface area (TPSA) is 54.0 Å². The van der Waals surface area contributed by atoms with Gasteiger partial charge in [-0.1, -0.05) is 19.9 Å². The molecule has 3 nitrogen and oxygen atoms in total. The Labute approximate surface area is 99.3 Å². The molecular formula is C14H13NO2. The lowest BCUT2D eigenvalue weighted by Crippen LogP contribution is -2.06. The van der Waals surface area contributed by atoms with Crippen LogP contribution in [0.4, 0.5) is 0 Å². The highest BCUT2D eigenvalue weighted by Crippen LogP contribution is 2.24. The number of rotatable bonds is 1. The third-order valence-corrected chi connectivity index (χ3v) is 2.97. The van der Waals surface area contributed by atoms with Crippen LogP contribution >= 0.6 is 0 Å². The molecule has 0 saturated carbocycles. The maximum absolute atomic E-state index is 11.5. The third-order valence-electron chi connectivity index (χ3n) is 2.97. The van der Waals surface area contributed by atoms with E-state index < -0.39 is 5.63 Å². The number of fused-ring (bicyclic) bond motifs is 1. The second-order valence-corrected chi connectivity index (χ2v) is 4.41. The zero-order valence-corrected chi connectivity index (χ0v) is 10.1. The highest BCUT2D eigenvalue weighted by Gasteiger charge is 2.11. The Morgan fingerprint density at radius 2 is 2.06 bits per heavy atom. The molecule has 0 spiro atoms. The molecule has 0 N–H and O–H groups in total. The number of benzene rings is 1. The van der Waals surface area contributed by atoms with Crippen molar-refractivity contribution in [2.24, 2.45) is 0 Å². The normalized spacial score (nSPS) is 10.8. The van der Waals surface area contributed by atoms with Crippen LogP contribution in [-0.2, 0) is 0 Å². The van der Waals surface area contributed by atoms with Crippen LogP contribution in [0.2, 0.25) is 0 Å². The fraction of sp³-hybridized carbons (Fsp3) is 0.286. The summed E-state index contributed by atoms with van der Waals surface area (Å²) in [7, 11) is 0. The Bertz CT molecular complexity index is 675. The molecule has 0 aliphatic carbocycles. The second kappa shape index (κ2) is 4.06. The number of hydrogen-bond donors (Lipinski definition) is 0. The summed E-state index contributed by atoms with van der Waals surface area (Å²) in [5.74, 6) is 0.399. The van der Waals surface area contributed by atoms with Crippen LogP contribution in [0.25, 0.3) is 11.0 Å². The molecule has 1 aromatic carbocycles. The maximum Gasteiger partial charge on any atom is 0.354 e. The Morgan fingerprint density at radius 3 is 2.65 bits per heavy atom. The largest absolute Gasteiger partial charge is 0.422 e. The van der Waals surface area contributed by atoms with E-state index in [1.54, 1.807) is 13.0 Å². The van der Waals surface area contributed by atoms with E-state index >= 15 is 0 Å². The van der Waals surface area contributed by atoms with E-state index in [2.05, 4.69) is 13.8 Å². The third kappa shape index (κ3) is 1.83. The van der Waals surface area contributed by atoms with Gasteiger partial charge in [0.05, 0.1) is 0 Å². The molecule has 1 aromatic heterocycles. The number of nitriles is 1. The highest BCUT2D eigenvalue weighted by molar-refractivity contribution is 5.82. The average Bonchev–Trinajstić information content (AvgIpc) is 2.29. The van der Waals surface area contributed by atoms with Crippen molar-refractivity contribution in [3.8, 4) is 6.07 Å². The van der Waals surface area contributed by atoms with Gasteiger partial charge in [-0.05, 0) is 36.1 Å². The Morgan fingerprint density at radius 1 is 1.35 bits per heavy atom. The van der Waals surface area contributed by atoms with Crippen molar-refractivity contribution in [1.29, 1.82) is 5.26 Å². The molecular weight excluding hydrogens is 214 g/mol. The van der Waals surface area contributed by atoms with E-state index in [0.29, 0.717) is 17.1 Å². The molecule has 17 heavy (non-hydrogen) atoms. The number of aryl methyl sites for hydroxylation is 1. The molecule has 0 amide bonds. The standard InChI is InChI=1S/C14H13NO2/c1-8(2)10-4-5-13-11(6-10)9(3)12(7-15)14(16)17-13/h4-6,8H,1-3H3. The molecule has 1 heterocycles. The van der Waals surface area contributed by atoms with Crippen molar-refractivity contribution < 1.29 is 4.42 Å². The fourth-order valence-corrected chi connectivity index (χ4v) is 1.86. The van der Waals surface area contributed by atoms with Gasteiger partial charge in [-0.3, -0.25) is 0 Å². The molecule has 0 aliphatic heterocycles. The SMILES string of the molecule is Cc1c(C#N)c(=O)oc2ccc(C(C)C)cc12. The molecule has 0 atom stereocenters. The second-order valence-electron chi connectivity index (χ2n) is 4.41. The summed E-state index contributed by atoms with van der Waals surface area (Å²) in [6, 6.07) is 7.62. The molecule has 2 rings (SSSR count). The first-order valence-electron chi connectivity index (χ1n) is 5.52. The van der Waals surface area contributed by atoms with E-state index in [4.69, 9.17) is 9.68 Å². The molecule has 0 fully saturated rings. The summed E-state index contributed by atoms with van der Waals surface area (Å²) < 4.78 is 5.12. The average molecular weight is 227 g/mol. The number of nitrogens with zero attached hydrogens (tertiary/aromatic N) is 1. The van der Waals surface area contributed by atoms with Crippen molar-refractivity contribution >= 4 is 11.0 Å². The van der Waals surface area contributed by atoms with Crippen molar-refractivity contribution in [2.45, 2.75) is 26.7 Å². The van der Waals surface area contributed by atoms with Gasteiger partial charge in [-0.2, -0.15) is 5.26 Å². The Balaban J connectivity index is 2.86. The van der Waals surface area contributed by atoms with Gasteiger partial charge in [0, 0.05) is 5.39 Å². The monoisotopic (exact) mass is 227 g/mol. The van der Waals surface area contributed by atoms with Crippen LogP contribution in [0.5, 0.6) is 0 Å². The van der Waals surface area contributed by atoms with Crippen molar-refractivity contribution in [1.82, 2.24) is 0 Å². The minimum Gasteiger partial charge on any atom is -0.422 e. The quantitative estimate of drug-likeness (QED) is 0.703. The predicted octanol–water partition coefficient (Wildman–Crippen LogP) is 3.10. The first-order valence-corrected chi connectivity index (χ1v) is 5.52. The summed E-state index contributed by atoms with van der Waals surface area (Å²) in [5.41, 5.74) is 1.93. The minimum absolute atomic E-state index is 0.0957. The minimum atomic E-state index is -0.560. The Kier molecular flexibility index (Phi) is 2.72. The van der Waals surface area contributed by atoms with Gasteiger partial charge in [0.2, 0.25) is 0 Å². The van der Waals surface area contributed by atoms with Crippen LogP contribution in [0.15, 0.2) is 27.4 Å². The fourth-order valence-electron chi connectivity index (χ4n) is 1.86. The van der Waals surface area contributed by atoms with Crippen molar-refractivity contribution in [2.75, 3.05) is 0 Å². The number of hydrogen-bond acceptors (Lipinski definition) is 3. The van der Waals surface area contributed by atoms with Crippen LogP contribution in [-0.4, -0.2) is 0 Å². The molecule has 86 valence electrons. The lowest BCUT2D eigenvalue weighted by Gasteiger charge is -2.08. The zero-order chi connectivity index (χ0) is 12.6. The van der Waals surface area contributed by atoms with Crippen LogP contribution in [0, 0.1) is 18.3 Å². The molecule has 0 aliphatic rings. The van der Waals surface area contributed by atoms with Crippen LogP contribution < -0.4 is 5.63 Å². The molecule has 3 heteroatoms. The molecule has 0 bridgehead atoms. The smallest absolute Gasteiger partial charge is 0.354 e. The first-order chi connectivity index (χ1) is 8.04. The van der Waals surface area contributed by atoms with Gasteiger partial charge >= 0.3 is 5.63 Å². The first kappa shape index (κ1) is 11.4. The molecule has 0 saturated heterocycles. The van der Waals surface area contributed by atoms with Crippen molar-refractivity contribution in [3.05, 3.63) is 45.3 Å².